The van der Waals surface area contributed by atoms with Crippen LogP contribution in [0.3, 0.4) is 0 Å². The van der Waals surface area contributed by atoms with Crippen LogP contribution in [0.2, 0.25) is 0 Å². The molecule has 0 bridgehead atoms. The van der Waals surface area contributed by atoms with Crippen molar-refractivity contribution in [2.75, 3.05) is 13.1 Å². The zero-order chi connectivity index (χ0) is 12.8. The Morgan fingerprint density at radius 2 is 2.17 bits per heavy atom. The van der Waals surface area contributed by atoms with Gasteiger partial charge < -0.3 is 10.6 Å². The molecule has 18 heavy (non-hydrogen) atoms. The third-order valence-corrected chi connectivity index (χ3v) is 2.69. The third kappa shape index (κ3) is 3.28. The highest BCUT2D eigenvalue weighted by atomic mass is 16.1. The number of pyridine rings is 1. The number of likely N-dealkylation sites (N-methyl/N-ethyl adjacent to an activating group) is 1. The summed E-state index contributed by atoms with van der Waals surface area (Å²) in [7, 11) is 0. The minimum absolute atomic E-state index is 0.0301. The van der Waals surface area contributed by atoms with E-state index in [2.05, 4.69) is 27.8 Å². The Bertz CT molecular complexity index is 539. The molecule has 1 amide bonds. The average Bonchev–Trinajstić information content (AvgIpc) is 2.39. The van der Waals surface area contributed by atoms with E-state index in [4.69, 9.17) is 0 Å². The smallest absolute Gasteiger partial charge is 0.233 e. The van der Waals surface area contributed by atoms with E-state index >= 15 is 0 Å². The molecule has 4 nitrogen and oxygen atoms in total. The number of amides is 1. The lowest BCUT2D eigenvalue weighted by atomic mass is 10.1. The second-order valence-electron chi connectivity index (χ2n) is 4.11. The van der Waals surface area contributed by atoms with Gasteiger partial charge in [-0.05, 0) is 30.0 Å². The van der Waals surface area contributed by atoms with Crippen molar-refractivity contribution >= 4 is 16.7 Å². The van der Waals surface area contributed by atoms with Gasteiger partial charge in [0.05, 0.1) is 6.54 Å². The van der Waals surface area contributed by atoms with Crippen LogP contribution in [-0.2, 0) is 11.3 Å². The maximum atomic E-state index is 11.3. The lowest BCUT2D eigenvalue weighted by molar-refractivity contribution is -0.120. The van der Waals surface area contributed by atoms with Gasteiger partial charge in [-0.3, -0.25) is 9.78 Å². The summed E-state index contributed by atoms with van der Waals surface area (Å²) in [5, 5.41) is 8.17. The predicted octanol–water partition coefficient (Wildman–Crippen LogP) is 1.46. The first-order valence-electron chi connectivity index (χ1n) is 6.09. The van der Waals surface area contributed by atoms with Crippen molar-refractivity contribution in [1.82, 2.24) is 15.6 Å². The number of rotatable bonds is 5. The van der Waals surface area contributed by atoms with Crippen LogP contribution in [0.15, 0.2) is 36.7 Å². The fourth-order valence-corrected chi connectivity index (χ4v) is 1.82. The summed E-state index contributed by atoms with van der Waals surface area (Å²) >= 11 is 0. The number of hydrogen-bond donors (Lipinski definition) is 2. The standard InChI is InChI=1S/C14H17N3O/c1-2-17-14(18)10-16-8-11-3-4-13-9-15-6-5-12(13)7-11/h3-7,9,16H,2,8,10H2,1H3,(H,17,18). The summed E-state index contributed by atoms with van der Waals surface area (Å²) < 4.78 is 0. The molecule has 0 fully saturated rings. The predicted molar refractivity (Wildman–Crippen MR) is 72.1 cm³/mol. The van der Waals surface area contributed by atoms with Gasteiger partial charge in [-0.25, -0.2) is 0 Å². The van der Waals surface area contributed by atoms with Crippen LogP contribution >= 0.6 is 0 Å². The molecule has 0 aliphatic carbocycles. The normalized spacial score (nSPS) is 10.5. The Labute approximate surface area is 106 Å². The number of nitrogens with zero attached hydrogens (tertiary/aromatic N) is 1. The van der Waals surface area contributed by atoms with Gasteiger partial charge in [-0.15, -0.1) is 0 Å². The molecule has 0 aliphatic rings. The minimum atomic E-state index is 0.0301. The van der Waals surface area contributed by atoms with Crippen LogP contribution in [-0.4, -0.2) is 24.0 Å². The average molecular weight is 243 g/mol. The highest BCUT2D eigenvalue weighted by Crippen LogP contribution is 2.14. The largest absolute Gasteiger partial charge is 0.355 e. The van der Waals surface area contributed by atoms with Gasteiger partial charge >= 0.3 is 0 Å². The Balaban J connectivity index is 1.93. The molecule has 1 aromatic heterocycles. The summed E-state index contributed by atoms with van der Waals surface area (Å²) in [5.41, 5.74) is 1.16. The first kappa shape index (κ1) is 12.5. The van der Waals surface area contributed by atoms with Crippen molar-refractivity contribution in [2.45, 2.75) is 13.5 Å². The monoisotopic (exact) mass is 243 g/mol. The molecular formula is C14H17N3O. The molecule has 0 unspecified atom stereocenters. The molecule has 0 spiro atoms. The fraction of sp³-hybridized carbons (Fsp3) is 0.286. The summed E-state index contributed by atoms with van der Waals surface area (Å²) in [6, 6.07) is 8.20. The van der Waals surface area contributed by atoms with Gasteiger partial charge in [-0.1, -0.05) is 12.1 Å². The molecule has 0 atom stereocenters. The Kier molecular flexibility index (Phi) is 4.25. The van der Waals surface area contributed by atoms with E-state index in [1.54, 1.807) is 6.20 Å². The van der Waals surface area contributed by atoms with Crippen LogP contribution < -0.4 is 10.6 Å². The van der Waals surface area contributed by atoms with Gasteiger partial charge in [0.2, 0.25) is 5.91 Å². The number of fused-ring (bicyclic) bond motifs is 1. The molecule has 2 aromatic rings. The summed E-state index contributed by atoms with van der Waals surface area (Å²) in [6.45, 7) is 3.62. The van der Waals surface area contributed by atoms with Crippen molar-refractivity contribution in [1.29, 1.82) is 0 Å². The van der Waals surface area contributed by atoms with E-state index in [1.807, 2.05) is 25.3 Å². The first-order chi connectivity index (χ1) is 8.79. The number of aromatic nitrogens is 1. The van der Waals surface area contributed by atoms with Crippen LogP contribution in [0.5, 0.6) is 0 Å². The van der Waals surface area contributed by atoms with Crippen molar-refractivity contribution in [3.8, 4) is 0 Å². The molecule has 0 radical (unpaired) electrons. The SMILES string of the molecule is CCNC(=O)CNCc1ccc2cnccc2c1. The minimum Gasteiger partial charge on any atom is -0.355 e. The summed E-state index contributed by atoms with van der Waals surface area (Å²) in [5.74, 6) is 0.0301. The Morgan fingerprint density at radius 1 is 1.28 bits per heavy atom. The van der Waals surface area contributed by atoms with Crippen LogP contribution in [0.4, 0.5) is 0 Å². The molecule has 94 valence electrons. The fourth-order valence-electron chi connectivity index (χ4n) is 1.82. The van der Waals surface area contributed by atoms with Crippen molar-refractivity contribution in [3.05, 3.63) is 42.2 Å². The van der Waals surface area contributed by atoms with Crippen molar-refractivity contribution < 1.29 is 4.79 Å². The lowest BCUT2D eigenvalue weighted by Gasteiger charge is -2.06. The second kappa shape index (κ2) is 6.12. The Morgan fingerprint density at radius 3 is 3.00 bits per heavy atom. The first-order valence-corrected chi connectivity index (χ1v) is 6.09. The topological polar surface area (TPSA) is 54.0 Å². The zero-order valence-corrected chi connectivity index (χ0v) is 10.4. The summed E-state index contributed by atoms with van der Waals surface area (Å²) in [6.07, 6.45) is 3.63. The molecule has 2 N–H and O–H groups in total. The quantitative estimate of drug-likeness (QED) is 0.836. The molecule has 2 rings (SSSR count). The van der Waals surface area contributed by atoms with E-state index in [0.29, 0.717) is 19.6 Å². The highest BCUT2D eigenvalue weighted by molar-refractivity contribution is 5.82. The van der Waals surface area contributed by atoms with Crippen LogP contribution in [0, 0.1) is 0 Å². The summed E-state index contributed by atoms with van der Waals surface area (Å²) in [4.78, 5) is 15.3. The number of benzene rings is 1. The highest BCUT2D eigenvalue weighted by Gasteiger charge is 1.99. The number of hydrogen-bond acceptors (Lipinski definition) is 3. The van der Waals surface area contributed by atoms with E-state index in [0.717, 1.165) is 10.9 Å². The Hall–Kier alpha value is -1.94. The maximum Gasteiger partial charge on any atom is 0.233 e. The van der Waals surface area contributed by atoms with Gasteiger partial charge in [0, 0.05) is 30.9 Å². The van der Waals surface area contributed by atoms with Crippen molar-refractivity contribution in [3.63, 3.8) is 0 Å². The van der Waals surface area contributed by atoms with E-state index in [-0.39, 0.29) is 5.91 Å². The molecule has 0 saturated heterocycles. The van der Waals surface area contributed by atoms with E-state index in [9.17, 15) is 4.79 Å². The molecule has 0 saturated carbocycles. The number of carbonyl (C=O) groups excluding carboxylic acids is 1. The number of carbonyl (C=O) groups is 1. The number of nitrogens with one attached hydrogen (secondary N) is 2. The van der Waals surface area contributed by atoms with Crippen LogP contribution in [0.25, 0.3) is 10.8 Å². The van der Waals surface area contributed by atoms with Gasteiger partial charge in [0.15, 0.2) is 0 Å². The molecule has 1 heterocycles. The zero-order valence-electron chi connectivity index (χ0n) is 10.4. The van der Waals surface area contributed by atoms with Gasteiger partial charge in [0.1, 0.15) is 0 Å². The van der Waals surface area contributed by atoms with E-state index in [1.165, 1.54) is 5.39 Å². The molecule has 1 aromatic carbocycles. The van der Waals surface area contributed by atoms with Crippen molar-refractivity contribution in [2.24, 2.45) is 0 Å². The van der Waals surface area contributed by atoms with Gasteiger partial charge in [-0.2, -0.15) is 0 Å². The molecule has 4 heteroatoms. The van der Waals surface area contributed by atoms with Crippen LogP contribution in [0.1, 0.15) is 12.5 Å². The molecular weight excluding hydrogens is 226 g/mol. The maximum absolute atomic E-state index is 11.3. The third-order valence-electron chi connectivity index (χ3n) is 2.69. The van der Waals surface area contributed by atoms with Gasteiger partial charge in [0.25, 0.3) is 0 Å². The lowest BCUT2D eigenvalue weighted by Crippen LogP contribution is -2.33. The van der Waals surface area contributed by atoms with E-state index < -0.39 is 0 Å². The second-order valence-corrected chi connectivity index (χ2v) is 4.11. The molecule has 0 aliphatic heterocycles.